The monoisotopic (exact) mass is 505 g/mol. The summed E-state index contributed by atoms with van der Waals surface area (Å²) in [4.78, 5) is 44.4. The lowest BCUT2D eigenvalue weighted by atomic mass is 10.0. The topological polar surface area (TPSA) is 129 Å². The van der Waals surface area contributed by atoms with Gasteiger partial charge < -0.3 is 30.0 Å². The van der Waals surface area contributed by atoms with E-state index in [-0.39, 0.29) is 18.3 Å². The number of ether oxygens (including phenoxy) is 2. The van der Waals surface area contributed by atoms with E-state index in [4.69, 9.17) is 15.2 Å². The normalized spacial score (nSPS) is 16.7. The third-order valence-corrected chi connectivity index (χ3v) is 6.26. The lowest BCUT2D eigenvalue weighted by molar-refractivity contribution is -0.151. The molecule has 2 amide bonds. The Balaban J connectivity index is 1.44. The Morgan fingerprint density at radius 1 is 1.11 bits per heavy atom. The predicted molar refractivity (Wildman–Crippen MR) is 136 cm³/mol. The van der Waals surface area contributed by atoms with Crippen LogP contribution in [0.2, 0.25) is 0 Å². The van der Waals surface area contributed by atoms with Crippen LogP contribution in [0.5, 0.6) is 0 Å². The lowest BCUT2D eigenvalue weighted by Crippen LogP contribution is -2.44. The van der Waals surface area contributed by atoms with Crippen LogP contribution in [0.15, 0.2) is 73.2 Å². The highest BCUT2D eigenvalue weighted by atomic mass is 16.5. The molecule has 1 aromatic heterocycles. The van der Waals surface area contributed by atoms with Gasteiger partial charge in [0, 0.05) is 12.7 Å². The lowest BCUT2D eigenvalue weighted by Gasteiger charge is -2.28. The number of nitrogens with two attached hydrogens (primary N) is 1. The Labute approximate surface area is 215 Å². The van der Waals surface area contributed by atoms with Gasteiger partial charge in [0.05, 0.1) is 26.7 Å². The number of nitrogens with zero attached hydrogens (tertiary/aromatic N) is 3. The van der Waals surface area contributed by atoms with Crippen LogP contribution in [0.3, 0.4) is 0 Å². The molecule has 2 aromatic carbocycles. The zero-order valence-corrected chi connectivity index (χ0v) is 20.7. The van der Waals surface area contributed by atoms with E-state index in [1.54, 1.807) is 15.7 Å². The first kappa shape index (κ1) is 26.1. The molecule has 1 saturated heterocycles. The second kappa shape index (κ2) is 12.3. The number of hydrogen-bond acceptors (Lipinski definition) is 7. The van der Waals surface area contributed by atoms with Gasteiger partial charge >= 0.3 is 5.97 Å². The zero-order chi connectivity index (χ0) is 26.2. The summed E-state index contributed by atoms with van der Waals surface area (Å²) in [5.41, 5.74) is 7.71. The van der Waals surface area contributed by atoms with Gasteiger partial charge in [-0.25, -0.2) is 9.78 Å². The Morgan fingerprint density at radius 2 is 1.81 bits per heavy atom. The quantitative estimate of drug-likeness (QED) is 0.404. The van der Waals surface area contributed by atoms with Gasteiger partial charge in [-0.3, -0.25) is 9.59 Å². The van der Waals surface area contributed by atoms with E-state index in [1.807, 2.05) is 60.7 Å². The van der Waals surface area contributed by atoms with Gasteiger partial charge in [0.15, 0.2) is 5.82 Å². The van der Waals surface area contributed by atoms with Gasteiger partial charge in [-0.1, -0.05) is 60.7 Å². The summed E-state index contributed by atoms with van der Waals surface area (Å²) in [6, 6.07) is 16.5. The number of benzene rings is 2. The number of carbonyl (C=O) groups excluding carboxylic acids is 3. The minimum atomic E-state index is -0.897. The van der Waals surface area contributed by atoms with E-state index in [2.05, 4.69) is 10.3 Å². The fraction of sp³-hybridized carbons (Fsp3) is 0.333. The van der Waals surface area contributed by atoms with Crippen molar-refractivity contribution >= 4 is 23.6 Å². The molecule has 0 spiro atoms. The second-order valence-corrected chi connectivity index (χ2v) is 8.83. The summed E-state index contributed by atoms with van der Waals surface area (Å²) in [6.07, 6.45) is 4.32. The molecule has 0 aliphatic carbocycles. The van der Waals surface area contributed by atoms with Crippen molar-refractivity contribution in [3.05, 3.63) is 84.3 Å². The van der Waals surface area contributed by atoms with Crippen LogP contribution in [0, 0.1) is 0 Å². The third kappa shape index (κ3) is 6.41. The van der Waals surface area contributed by atoms with Crippen LogP contribution >= 0.6 is 0 Å². The van der Waals surface area contributed by atoms with Crippen molar-refractivity contribution in [2.24, 2.45) is 5.73 Å². The average Bonchev–Trinajstić information content (AvgIpc) is 3.60. The minimum Gasteiger partial charge on any atom is -0.467 e. The highest BCUT2D eigenvalue weighted by molar-refractivity contribution is 5.94. The van der Waals surface area contributed by atoms with Gasteiger partial charge in [0.2, 0.25) is 5.91 Å². The summed E-state index contributed by atoms with van der Waals surface area (Å²) in [5.74, 6) is -0.880. The second-order valence-electron chi connectivity index (χ2n) is 8.83. The minimum absolute atomic E-state index is 0.0381. The molecule has 1 fully saturated rings. The molecule has 3 atom stereocenters. The number of amides is 2. The van der Waals surface area contributed by atoms with Crippen molar-refractivity contribution in [2.75, 3.05) is 25.6 Å². The van der Waals surface area contributed by atoms with Gasteiger partial charge in [-0.15, -0.1) is 0 Å². The SMILES string of the molecule is COC(=O)C1CCCN1C(=O)C(c1ccccc1)n1cnc(NC(=O)C(N)COCc2ccccc2)c1. The predicted octanol–water partition coefficient (Wildman–Crippen LogP) is 2.12. The van der Waals surface area contributed by atoms with Crippen molar-refractivity contribution in [2.45, 2.75) is 37.6 Å². The molecule has 194 valence electrons. The first-order valence-corrected chi connectivity index (χ1v) is 12.1. The zero-order valence-electron chi connectivity index (χ0n) is 20.7. The Hall–Kier alpha value is -4.02. The maximum absolute atomic E-state index is 13.7. The van der Waals surface area contributed by atoms with E-state index < -0.39 is 30.0 Å². The van der Waals surface area contributed by atoms with Gasteiger partial charge in [-0.05, 0) is 24.0 Å². The molecule has 3 aromatic rings. The number of likely N-dealkylation sites (tertiary alicyclic amines) is 1. The fourth-order valence-corrected chi connectivity index (χ4v) is 4.36. The molecule has 1 aliphatic heterocycles. The molecule has 0 radical (unpaired) electrons. The van der Waals surface area contributed by atoms with Crippen molar-refractivity contribution in [1.82, 2.24) is 14.5 Å². The van der Waals surface area contributed by atoms with Crippen molar-refractivity contribution < 1.29 is 23.9 Å². The Kier molecular flexibility index (Phi) is 8.65. The average molecular weight is 506 g/mol. The molecule has 1 aliphatic rings. The Bertz CT molecular complexity index is 1200. The summed E-state index contributed by atoms with van der Waals surface area (Å²) in [6.45, 7) is 0.842. The number of carbonyl (C=O) groups is 3. The molecule has 10 heteroatoms. The molecule has 10 nitrogen and oxygen atoms in total. The van der Waals surface area contributed by atoms with E-state index in [0.29, 0.717) is 26.0 Å². The molecule has 0 saturated carbocycles. The van der Waals surface area contributed by atoms with E-state index in [9.17, 15) is 14.4 Å². The summed E-state index contributed by atoms with van der Waals surface area (Å²) < 4.78 is 12.1. The molecule has 2 heterocycles. The van der Waals surface area contributed by atoms with Crippen LogP contribution in [0.1, 0.15) is 30.0 Å². The van der Waals surface area contributed by atoms with Crippen LogP contribution in [0.4, 0.5) is 5.82 Å². The van der Waals surface area contributed by atoms with Gasteiger partial charge in [0.1, 0.15) is 18.1 Å². The summed E-state index contributed by atoms with van der Waals surface area (Å²) in [5, 5.41) is 2.69. The highest BCUT2D eigenvalue weighted by Crippen LogP contribution is 2.27. The van der Waals surface area contributed by atoms with Gasteiger partial charge in [0.25, 0.3) is 5.91 Å². The number of methoxy groups -OCH3 is 1. The molecule has 37 heavy (non-hydrogen) atoms. The van der Waals surface area contributed by atoms with Crippen molar-refractivity contribution in [3.8, 4) is 0 Å². The van der Waals surface area contributed by atoms with Crippen LogP contribution in [-0.4, -0.2) is 64.6 Å². The summed E-state index contributed by atoms with van der Waals surface area (Å²) >= 11 is 0. The maximum atomic E-state index is 13.7. The third-order valence-electron chi connectivity index (χ3n) is 6.26. The molecule has 3 unspecified atom stereocenters. The molecule has 3 N–H and O–H groups in total. The number of anilines is 1. The first-order valence-electron chi connectivity index (χ1n) is 12.1. The molecule has 0 bridgehead atoms. The van der Waals surface area contributed by atoms with E-state index >= 15 is 0 Å². The van der Waals surface area contributed by atoms with Crippen LogP contribution < -0.4 is 11.1 Å². The Morgan fingerprint density at radius 3 is 2.51 bits per heavy atom. The maximum Gasteiger partial charge on any atom is 0.328 e. The number of hydrogen-bond donors (Lipinski definition) is 2. The van der Waals surface area contributed by atoms with E-state index in [0.717, 1.165) is 11.1 Å². The van der Waals surface area contributed by atoms with E-state index in [1.165, 1.54) is 13.4 Å². The molecular weight excluding hydrogens is 474 g/mol. The largest absolute Gasteiger partial charge is 0.467 e. The number of rotatable bonds is 10. The van der Waals surface area contributed by atoms with Crippen LogP contribution in [-0.2, 0) is 30.5 Å². The van der Waals surface area contributed by atoms with Crippen LogP contribution in [0.25, 0.3) is 0 Å². The fourth-order valence-electron chi connectivity index (χ4n) is 4.36. The number of nitrogens with one attached hydrogen (secondary N) is 1. The molecular formula is C27H31N5O5. The highest BCUT2D eigenvalue weighted by Gasteiger charge is 2.39. The number of esters is 1. The van der Waals surface area contributed by atoms with Crippen molar-refractivity contribution in [1.29, 1.82) is 0 Å². The number of aromatic nitrogens is 2. The van der Waals surface area contributed by atoms with Crippen molar-refractivity contribution in [3.63, 3.8) is 0 Å². The standard InChI is InChI=1S/C27H31N5O5/c1-36-27(35)22-13-8-14-32(22)26(34)24(20-11-6-3-7-12-20)31-15-23(29-18-31)30-25(33)21(28)17-37-16-19-9-4-2-5-10-19/h2-7,9-12,15,18,21-22,24H,8,13-14,16-17,28H2,1H3,(H,30,33). The van der Waals surface area contributed by atoms with Gasteiger partial charge in [-0.2, -0.15) is 0 Å². The molecule has 4 rings (SSSR count). The summed E-state index contributed by atoms with van der Waals surface area (Å²) in [7, 11) is 1.32. The number of imidazole rings is 1. The smallest absolute Gasteiger partial charge is 0.328 e. The first-order chi connectivity index (χ1) is 18.0.